The van der Waals surface area contributed by atoms with Gasteiger partial charge in [0, 0.05) is 37.2 Å². The summed E-state index contributed by atoms with van der Waals surface area (Å²) in [6, 6.07) is 8.04. The first-order chi connectivity index (χ1) is 9.25. The van der Waals surface area contributed by atoms with Crippen LogP contribution in [0.1, 0.15) is 5.56 Å². The first-order valence-electron chi connectivity index (χ1n) is 6.39. The number of hydrogen-bond donors (Lipinski definition) is 1. The number of fused-ring (bicyclic) bond motifs is 1. The van der Waals surface area contributed by atoms with Crippen molar-refractivity contribution in [3.05, 3.63) is 41.6 Å². The number of nitrogens with zero attached hydrogens (tertiary/aromatic N) is 2. The number of para-hydroxylation sites is 1. The van der Waals surface area contributed by atoms with E-state index in [0.29, 0.717) is 12.0 Å². The highest BCUT2D eigenvalue weighted by Gasteiger charge is 2.25. The molecule has 19 heavy (non-hydrogen) atoms. The Kier molecular flexibility index (Phi) is 3.48. The molecule has 0 bridgehead atoms. The van der Waals surface area contributed by atoms with Crippen molar-refractivity contribution in [3.8, 4) is 0 Å². The van der Waals surface area contributed by atoms with Crippen molar-refractivity contribution < 1.29 is 9.90 Å². The van der Waals surface area contributed by atoms with Crippen LogP contribution in [0.4, 0.5) is 5.69 Å². The molecule has 1 aromatic rings. The Morgan fingerprint density at radius 2 is 1.95 bits per heavy atom. The van der Waals surface area contributed by atoms with Crippen LogP contribution in [0.15, 0.2) is 36.0 Å². The lowest BCUT2D eigenvalue weighted by atomic mass is 10.0. The quantitative estimate of drug-likeness (QED) is 0.895. The van der Waals surface area contributed by atoms with Gasteiger partial charge in [0.2, 0.25) is 0 Å². The largest absolute Gasteiger partial charge is 0.478 e. The van der Waals surface area contributed by atoms with Gasteiger partial charge in [0.05, 0.1) is 11.3 Å². The molecule has 0 aromatic heterocycles. The average Bonchev–Trinajstić information content (AvgIpc) is 2.47. The monoisotopic (exact) mass is 276 g/mol. The van der Waals surface area contributed by atoms with Crippen molar-refractivity contribution in [1.29, 1.82) is 0 Å². The zero-order valence-electron chi connectivity index (χ0n) is 10.6. The molecule has 2 aliphatic heterocycles. The SMILES string of the molecule is O=C(O)C1=CN(N2CCSCC2)c2ccccc2C1. The molecule has 5 heteroatoms. The van der Waals surface area contributed by atoms with Crippen LogP contribution in [-0.2, 0) is 11.2 Å². The lowest BCUT2D eigenvalue weighted by molar-refractivity contribution is -0.132. The lowest BCUT2D eigenvalue weighted by Gasteiger charge is -2.39. The van der Waals surface area contributed by atoms with Crippen LogP contribution in [-0.4, -0.2) is 40.7 Å². The predicted molar refractivity (Wildman–Crippen MR) is 77.2 cm³/mol. The topological polar surface area (TPSA) is 43.8 Å². The van der Waals surface area contributed by atoms with E-state index in [1.165, 1.54) is 0 Å². The van der Waals surface area contributed by atoms with Crippen molar-refractivity contribution in [2.45, 2.75) is 6.42 Å². The maximum atomic E-state index is 11.3. The van der Waals surface area contributed by atoms with Crippen LogP contribution in [0, 0.1) is 0 Å². The molecule has 0 aliphatic carbocycles. The minimum atomic E-state index is -0.828. The van der Waals surface area contributed by atoms with E-state index >= 15 is 0 Å². The Morgan fingerprint density at radius 1 is 1.21 bits per heavy atom. The van der Waals surface area contributed by atoms with Gasteiger partial charge in [0.1, 0.15) is 0 Å². The fourth-order valence-electron chi connectivity index (χ4n) is 2.49. The highest BCUT2D eigenvalue weighted by Crippen LogP contribution is 2.31. The molecule has 3 rings (SSSR count). The fourth-order valence-corrected chi connectivity index (χ4v) is 3.37. The second kappa shape index (κ2) is 5.27. The van der Waals surface area contributed by atoms with Crippen molar-refractivity contribution in [3.63, 3.8) is 0 Å². The first-order valence-corrected chi connectivity index (χ1v) is 7.55. The number of rotatable bonds is 2. The number of benzene rings is 1. The number of carboxylic acid groups (broad SMARTS) is 1. The molecule has 1 aromatic carbocycles. The average molecular weight is 276 g/mol. The maximum absolute atomic E-state index is 11.3. The number of carbonyl (C=O) groups is 1. The summed E-state index contributed by atoms with van der Waals surface area (Å²) in [4.78, 5) is 11.3. The third-order valence-electron chi connectivity index (χ3n) is 3.46. The number of anilines is 1. The smallest absolute Gasteiger partial charge is 0.333 e. The molecule has 0 radical (unpaired) electrons. The van der Waals surface area contributed by atoms with E-state index in [1.54, 1.807) is 6.20 Å². The highest BCUT2D eigenvalue weighted by atomic mass is 32.2. The van der Waals surface area contributed by atoms with Crippen LogP contribution in [0.25, 0.3) is 0 Å². The molecule has 0 unspecified atom stereocenters. The van der Waals surface area contributed by atoms with Gasteiger partial charge in [0.15, 0.2) is 0 Å². The molecule has 0 atom stereocenters. The van der Waals surface area contributed by atoms with Crippen LogP contribution in [0.2, 0.25) is 0 Å². The van der Waals surface area contributed by atoms with Crippen LogP contribution < -0.4 is 5.01 Å². The molecular formula is C14H16N2O2S. The summed E-state index contributed by atoms with van der Waals surface area (Å²) >= 11 is 1.95. The molecular weight excluding hydrogens is 260 g/mol. The van der Waals surface area contributed by atoms with Gasteiger partial charge in [-0.15, -0.1) is 0 Å². The van der Waals surface area contributed by atoms with Gasteiger partial charge in [0.25, 0.3) is 0 Å². The van der Waals surface area contributed by atoms with Gasteiger partial charge in [-0.3, -0.25) is 5.01 Å². The Morgan fingerprint density at radius 3 is 2.68 bits per heavy atom. The van der Waals surface area contributed by atoms with E-state index < -0.39 is 5.97 Å². The van der Waals surface area contributed by atoms with Gasteiger partial charge in [-0.05, 0) is 11.6 Å². The molecule has 1 fully saturated rings. The summed E-state index contributed by atoms with van der Waals surface area (Å²) in [6.07, 6.45) is 2.28. The third-order valence-corrected chi connectivity index (χ3v) is 4.41. The Bertz CT molecular complexity index is 524. The molecule has 100 valence electrons. The number of hydrogen-bond acceptors (Lipinski definition) is 4. The molecule has 0 spiro atoms. The number of hydrazine groups is 1. The molecule has 1 N–H and O–H groups in total. The van der Waals surface area contributed by atoms with Crippen LogP contribution >= 0.6 is 11.8 Å². The maximum Gasteiger partial charge on any atom is 0.333 e. The van der Waals surface area contributed by atoms with E-state index in [2.05, 4.69) is 11.1 Å². The highest BCUT2D eigenvalue weighted by molar-refractivity contribution is 7.99. The predicted octanol–water partition coefficient (Wildman–Crippen LogP) is 1.98. The van der Waals surface area contributed by atoms with E-state index in [1.807, 2.05) is 35.0 Å². The number of thioether (sulfide) groups is 1. The Balaban J connectivity index is 1.97. The summed E-state index contributed by atoms with van der Waals surface area (Å²) in [5, 5.41) is 13.5. The van der Waals surface area contributed by atoms with Gasteiger partial charge in [-0.1, -0.05) is 18.2 Å². The van der Waals surface area contributed by atoms with Crippen molar-refractivity contribution in [2.24, 2.45) is 0 Å². The Labute approximate surface area is 116 Å². The molecule has 1 saturated heterocycles. The molecule has 2 heterocycles. The lowest BCUT2D eigenvalue weighted by Crippen LogP contribution is -2.46. The van der Waals surface area contributed by atoms with Gasteiger partial charge in [-0.25, -0.2) is 9.80 Å². The summed E-state index contributed by atoms with van der Waals surface area (Å²) in [7, 11) is 0. The normalized spacial score (nSPS) is 19.8. The minimum absolute atomic E-state index is 0.455. The van der Waals surface area contributed by atoms with E-state index in [9.17, 15) is 9.90 Å². The van der Waals surface area contributed by atoms with Crippen molar-refractivity contribution >= 4 is 23.4 Å². The minimum Gasteiger partial charge on any atom is -0.478 e. The summed E-state index contributed by atoms with van der Waals surface area (Å²) in [5.41, 5.74) is 2.65. The summed E-state index contributed by atoms with van der Waals surface area (Å²) in [6.45, 7) is 1.92. The van der Waals surface area contributed by atoms with Gasteiger partial charge in [-0.2, -0.15) is 11.8 Å². The molecule has 4 nitrogen and oxygen atoms in total. The third kappa shape index (κ3) is 2.48. The standard InChI is InChI=1S/C14H16N2O2S/c17-14(18)12-9-11-3-1-2-4-13(11)16(10-12)15-5-7-19-8-6-15/h1-4,10H,5-9H2,(H,17,18). The van der Waals surface area contributed by atoms with Gasteiger partial charge >= 0.3 is 5.97 Å². The van der Waals surface area contributed by atoms with Gasteiger partial charge < -0.3 is 5.11 Å². The van der Waals surface area contributed by atoms with E-state index in [0.717, 1.165) is 35.8 Å². The molecule has 0 amide bonds. The summed E-state index contributed by atoms with van der Waals surface area (Å²) in [5.74, 6) is 1.36. The fraction of sp³-hybridized carbons (Fsp3) is 0.357. The van der Waals surface area contributed by atoms with Crippen molar-refractivity contribution in [2.75, 3.05) is 29.6 Å². The second-order valence-electron chi connectivity index (χ2n) is 4.68. The van der Waals surface area contributed by atoms with Crippen molar-refractivity contribution in [1.82, 2.24) is 5.01 Å². The molecule has 0 saturated carbocycles. The molecule has 2 aliphatic rings. The number of carboxylic acids is 1. The van der Waals surface area contributed by atoms with E-state index in [-0.39, 0.29) is 0 Å². The van der Waals surface area contributed by atoms with Crippen LogP contribution in [0.5, 0.6) is 0 Å². The Hall–Kier alpha value is -1.46. The summed E-state index contributed by atoms with van der Waals surface area (Å²) < 4.78 is 0. The van der Waals surface area contributed by atoms with E-state index in [4.69, 9.17) is 0 Å². The van der Waals surface area contributed by atoms with Crippen LogP contribution in [0.3, 0.4) is 0 Å². The number of aliphatic carboxylic acids is 1. The zero-order chi connectivity index (χ0) is 13.2. The zero-order valence-corrected chi connectivity index (χ0v) is 11.4. The first kappa shape index (κ1) is 12.6. The second-order valence-corrected chi connectivity index (χ2v) is 5.90.